The Labute approximate surface area is 154 Å². The number of rotatable bonds is 3. The Kier molecular flexibility index (Phi) is 4.74. The van der Waals surface area contributed by atoms with E-state index < -0.39 is 0 Å². The summed E-state index contributed by atoms with van der Waals surface area (Å²) in [6.45, 7) is 0.0918. The van der Waals surface area contributed by atoms with Gasteiger partial charge in [0, 0.05) is 12.1 Å². The van der Waals surface area contributed by atoms with Crippen LogP contribution in [0.1, 0.15) is 48.4 Å². The Morgan fingerprint density at radius 3 is 2.58 bits per heavy atom. The van der Waals surface area contributed by atoms with Gasteiger partial charge in [0.15, 0.2) is 0 Å². The van der Waals surface area contributed by atoms with E-state index in [2.05, 4.69) is 29.6 Å². The van der Waals surface area contributed by atoms with E-state index >= 15 is 0 Å². The Bertz CT molecular complexity index is 830. The Morgan fingerprint density at radius 1 is 0.962 bits per heavy atom. The minimum Gasteiger partial charge on any atom is -0.348 e. The molecule has 0 spiro atoms. The molecule has 4 rings (SSSR count). The summed E-state index contributed by atoms with van der Waals surface area (Å²) in [5.74, 6) is -0.0501. The molecule has 0 saturated heterocycles. The van der Waals surface area contributed by atoms with Gasteiger partial charge < -0.3 is 10.2 Å². The molecule has 1 atom stereocenters. The van der Waals surface area contributed by atoms with Crippen LogP contribution >= 0.6 is 0 Å². The van der Waals surface area contributed by atoms with E-state index in [0.717, 1.165) is 43.4 Å². The van der Waals surface area contributed by atoms with Gasteiger partial charge >= 0.3 is 0 Å². The quantitative estimate of drug-likeness (QED) is 0.922. The summed E-state index contributed by atoms with van der Waals surface area (Å²) in [6, 6.07) is 16.3. The minimum absolute atomic E-state index is 0.0362. The predicted octanol–water partition coefficient (Wildman–Crippen LogP) is 3.55. The molecular weight excluding hydrogens is 324 g/mol. The van der Waals surface area contributed by atoms with E-state index in [4.69, 9.17) is 0 Å². The third kappa shape index (κ3) is 3.36. The molecule has 0 bridgehead atoms. The maximum atomic E-state index is 12.8. The molecule has 1 aliphatic carbocycles. The molecule has 0 aromatic heterocycles. The highest BCUT2D eigenvalue weighted by Crippen LogP contribution is 2.30. The topological polar surface area (TPSA) is 49.4 Å². The van der Waals surface area contributed by atoms with E-state index in [1.807, 2.05) is 24.3 Å². The molecule has 1 aliphatic heterocycles. The van der Waals surface area contributed by atoms with Crippen molar-refractivity contribution in [1.29, 1.82) is 0 Å². The first-order valence-corrected chi connectivity index (χ1v) is 9.48. The molecule has 4 nitrogen and oxygen atoms in total. The molecule has 4 heteroatoms. The largest absolute Gasteiger partial charge is 0.348 e. The van der Waals surface area contributed by atoms with Gasteiger partial charge in [-0.3, -0.25) is 9.59 Å². The Morgan fingerprint density at radius 2 is 1.69 bits per heavy atom. The van der Waals surface area contributed by atoms with Crippen LogP contribution in [-0.4, -0.2) is 18.4 Å². The molecule has 0 radical (unpaired) electrons. The molecular formula is C22H24N2O2. The lowest BCUT2D eigenvalue weighted by atomic mass is 9.88. The van der Waals surface area contributed by atoms with Crippen molar-refractivity contribution in [3.8, 4) is 0 Å². The number of nitrogens with zero attached hydrogens (tertiary/aromatic N) is 1. The van der Waals surface area contributed by atoms with Crippen LogP contribution in [0.25, 0.3) is 0 Å². The number of para-hydroxylation sites is 1. The maximum absolute atomic E-state index is 12.8. The number of carbonyl (C=O) groups excluding carboxylic acids is 2. The van der Waals surface area contributed by atoms with Crippen LogP contribution in [0.5, 0.6) is 0 Å². The molecule has 134 valence electrons. The van der Waals surface area contributed by atoms with Gasteiger partial charge in [0.1, 0.15) is 6.54 Å². The zero-order chi connectivity index (χ0) is 17.9. The van der Waals surface area contributed by atoms with Gasteiger partial charge in [0.25, 0.3) is 0 Å². The number of aryl methyl sites for hydroxylation is 2. The molecule has 1 N–H and O–H groups in total. The number of carbonyl (C=O) groups is 2. The summed E-state index contributed by atoms with van der Waals surface area (Å²) < 4.78 is 0. The van der Waals surface area contributed by atoms with Gasteiger partial charge in [-0.05, 0) is 54.9 Å². The number of hydrogen-bond acceptors (Lipinski definition) is 2. The van der Waals surface area contributed by atoms with Crippen LogP contribution < -0.4 is 10.2 Å². The number of nitrogens with one attached hydrogen (secondary N) is 1. The summed E-state index contributed by atoms with van der Waals surface area (Å²) in [4.78, 5) is 27.0. The Balaban J connectivity index is 1.51. The average Bonchev–Trinajstić information content (AvgIpc) is 2.81. The van der Waals surface area contributed by atoms with Crippen LogP contribution in [0.2, 0.25) is 0 Å². The molecule has 2 aliphatic rings. The smallest absolute Gasteiger partial charge is 0.240 e. The number of benzene rings is 2. The monoisotopic (exact) mass is 348 g/mol. The van der Waals surface area contributed by atoms with Gasteiger partial charge in [0.2, 0.25) is 11.8 Å². The highest BCUT2D eigenvalue weighted by atomic mass is 16.2. The number of fused-ring (bicyclic) bond motifs is 2. The van der Waals surface area contributed by atoms with Gasteiger partial charge in [0.05, 0.1) is 6.04 Å². The third-order valence-electron chi connectivity index (χ3n) is 5.43. The van der Waals surface area contributed by atoms with E-state index in [1.165, 1.54) is 11.1 Å². The molecule has 0 fully saturated rings. The van der Waals surface area contributed by atoms with Crippen molar-refractivity contribution < 1.29 is 9.59 Å². The second-order valence-electron chi connectivity index (χ2n) is 7.17. The van der Waals surface area contributed by atoms with Crippen LogP contribution in [0.3, 0.4) is 0 Å². The fourth-order valence-electron chi connectivity index (χ4n) is 4.15. The summed E-state index contributed by atoms with van der Waals surface area (Å²) in [7, 11) is 0. The second-order valence-corrected chi connectivity index (χ2v) is 7.17. The van der Waals surface area contributed by atoms with Crippen molar-refractivity contribution in [3.05, 3.63) is 65.2 Å². The summed E-state index contributed by atoms with van der Waals surface area (Å²) in [5, 5.41) is 3.16. The second kappa shape index (κ2) is 7.32. The van der Waals surface area contributed by atoms with E-state index in [0.29, 0.717) is 6.42 Å². The van der Waals surface area contributed by atoms with Crippen LogP contribution in [0, 0.1) is 0 Å². The number of anilines is 1. The number of hydrogen-bond donors (Lipinski definition) is 1. The molecule has 2 aromatic carbocycles. The van der Waals surface area contributed by atoms with E-state index in [-0.39, 0.29) is 24.4 Å². The van der Waals surface area contributed by atoms with Gasteiger partial charge in [-0.2, -0.15) is 0 Å². The first-order chi connectivity index (χ1) is 12.7. The summed E-state index contributed by atoms with van der Waals surface area (Å²) >= 11 is 0. The first-order valence-electron chi connectivity index (χ1n) is 9.48. The lowest BCUT2D eigenvalue weighted by Crippen LogP contribution is -2.42. The molecule has 26 heavy (non-hydrogen) atoms. The van der Waals surface area contributed by atoms with Crippen molar-refractivity contribution in [2.45, 2.75) is 44.6 Å². The van der Waals surface area contributed by atoms with E-state index in [9.17, 15) is 9.59 Å². The zero-order valence-corrected chi connectivity index (χ0v) is 14.9. The maximum Gasteiger partial charge on any atom is 0.240 e. The Hall–Kier alpha value is -2.62. The van der Waals surface area contributed by atoms with Crippen molar-refractivity contribution in [2.24, 2.45) is 0 Å². The molecule has 2 aromatic rings. The highest BCUT2D eigenvalue weighted by molar-refractivity contribution is 5.99. The number of amides is 2. The van der Waals surface area contributed by atoms with Gasteiger partial charge in [-0.1, -0.05) is 42.5 Å². The minimum atomic E-state index is -0.0863. The molecule has 2 amide bonds. The van der Waals surface area contributed by atoms with Crippen molar-refractivity contribution in [3.63, 3.8) is 0 Å². The third-order valence-corrected chi connectivity index (χ3v) is 5.43. The SMILES string of the molecule is O=C(CN1C(=O)CCCc2ccccc21)NC1CCCc2ccccc21. The standard InChI is InChI=1S/C22H24N2O2/c25-21(23-19-12-5-9-16-7-1-3-11-18(16)19)15-24-20-13-4-2-8-17(20)10-6-14-22(24)26/h1-4,7-8,11,13,19H,5-6,9-10,12,14-15H2,(H,23,25). The normalized spacial score (nSPS) is 19.3. The molecule has 1 unspecified atom stereocenters. The zero-order valence-electron chi connectivity index (χ0n) is 14.9. The van der Waals surface area contributed by atoms with Crippen LogP contribution in [0.15, 0.2) is 48.5 Å². The summed E-state index contributed by atoms with van der Waals surface area (Å²) in [5.41, 5.74) is 4.57. The first kappa shape index (κ1) is 16.8. The van der Waals surface area contributed by atoms with Crippen molar-refractivity contribution in [2.75, 3.05) is 11.4 Å². The van der Waals surface area contributed by atoms with Gasteiger partial charge in [-0.25, -0.2) is 0 Å². The fraction of sp³-hybridized carbons (Fsp3) is 0.364. The van der Waals surface area contributed by atoms with Gasteiger partial charge in [-0.15, -0.1) is 0 Å². The fourth-order valence-corrected chi connectivity index (χ4v) is 4.15. The lowest BCUT2D eigenvalue weighted by molar-refractivity contribution is -0.124. The predicted molar refractivity (Wildman–Crippen MR) is 102 cm³/mol. The molecule has 1 heterocycles. The van der Waals surface area contributed by atoms with Crippen LogP contribution in [-0.2, 0) is 22.4 Å². The van der Waals surface area contributed by atoms with Crippen molar-refractivity contribution >= 4 is 17.5 Å². The average molecular weight is 348 g/mol. The summed E-state index contributed by atoms with van der Waals surface area (Å²) in [6.07, 6.45) is 5.31. The van der Waals surface area contributed by atoms with Crippen molar-refractivity contribution in [1.82, 2.24) is 5.32 Å². The van der Waals surface area contributed by atoms with E-state index in [1.54, 1.807) is 4.90 Å². The van der Waals surface area contributed by atoms with Crippen LogP contribution in [0.4, 0.5) is 5.69 Å². The lowest BCUT2D eigenvalue weighted by Gasteiger charge is -2.28. The highest BCUT2D eigenvalue weighted by Gasteiger charge is 2.26. The molecule has 0 saturated carbocycles.